The van der Waals surface area contributed by atoms with Crippen LogP contribution in [0.15, 0.2) is 72.9 Å². The van der Waals surface area contributed by atoms with Crippen LogP contribution in [0.1, 0.15) is 41.5 Å². The summed E-state index contributed by atoms with van der Waals surface area (Å²) in [4.78, 5) is 18.1. The van der Waals surface area contributed by atoms with Gasteiger partial charge in [0.25, 0.3) is 0 Å². The standard InChI is InChI=1S/C36H32F2N4O3/c37-36(38)21-42(34-22(13-16-43)7-9-29-28-4-2-1-3-26(28)18-30(29)34)15-12-32(36)45-31-10-8-24(17-27(31)20-39)25-11-14-40-33(19-25)41-35(44)23-5-6-23/h1-4,7-11,14,17,19,23,32,43H,5-6,12-13,15-16,18,21H2,(H,40,41,44)/t32-/m0/s1. The number of pyridine rings is 1. The third-order valence-corrected chi connectivity index (χ3v) is 8.93. The maximum atomic E-state index is 15.9. The molecule has 0 spiro atoms. The number of anilines is 2. The van der Waals surface area contributed by atoms with Crippen molar-refractivity contribution < 1.29 is 23.4 Å². The van der Waals surface area contributed by atoms with Gasteiger partial charge in [0.15, 0.2) is 6.10 Å². The average molecular weight is 607 g/mol. The van der Waals surface area contributed by atoms with E-state index in [2.05, 4.69) is 28.5 Å². The van der Waals surface area contributed by atoms with E-state index in [4.69, 9.17) is 4.74 Å². The van der Waals surface area contributed by atoms with E-state index < -0.39 is 18.6 Å². The molecule has 0 bridgehead atoms. The lowest BCUT2D eigenvalue weighted by Gasteiger charge is -2.41. The number of rotatable bonds is 8. The summed E-state index contributed by atoms with van der Waals surface area (Å²) >= 11 is 0. The first-order valence-corrected chi connectivity index (χ1v) is 15.3. The highest BCUT2D eigenvalue weighted by Crippen LogP contribution is 2.45. The van der Waals surface area contributed by atoms with Crippen molar-refractivity contribution in [2.45, 2.75) is 44.1 Å². The fourth-order valence-corrected chi connectivity index (χ4v) is 6.52. The number of piperidine rings is 1. The van der Waals surface area contributed by atoms with Crippen molar-refractivity contribution in [1.82, 2.24) is 4.98 Å². The minimum absolute atomic E-state index is 0.0373. The van der Waals surface area contributed by atoms with Gasteiger partial charge in [0.1, 0.15) is 17.6 Å². The first-order chi connectivity index (χ1) is 21.8. The normalized spacial score (nSPS) is 18.1. The first kappa shape index (κ1) is 28.9. The maximum Gasteiger partial charge on any atom is 0.301 e. The molecule has 0 radical (unpaired) electrons. The molecule has 7 nitrogen and oxygen atoms in total. The molecule has 2 aliphatic carbocycles. The Balaban J connectivity index is 1.10. The van der Waals surface area contributed by atoms with Crippen molar-refractivity contribution in [3.8, 4) is 34.1 Å². The number of benzene rings is 3. The monoisotopic (exact) mass is 606 g/mol. The number of fused-ring (bicyclic) bond motifs is 3. The molecule has 1 atom stereocenters. The Bertz CT molecular complexity index is 1830. The Morgan fingerprint density at radius 3 is 2.67 bits per heavy atom. The van der Waals surface area contributed by atoms with Crippen LogP contribution in [0.5, 0.6) is 5.75 Å². The lowest BCUT2D eigenvalue weighted by Crippen LogP contribution is -2.54. The molecular weight excluding hydrogens is 574 g/mol. The number of hydrogen-bond donors (Lipinski definition) is 2. The third kappa shape index (κ3) is 5.62. The highest BCUT2D eigenvalue weighted by Gasteiger charge is 2.47. The predicted octanol–water partition coefficient (Wildman–Crippen LogP) is 6.37. The highest BCUT2D eigenvalue weighted by atomic mass is 19.3. The highest BCUT2D eigenvalue weighted by molar-refractivity contribution is 5.93. The Morgan fingerprint density at radius 1 is 1.07 bits per heavy atom. The molecule has 7 rings (SSSR count). The molecule has 2 heterocycles. The minimum atomic E-state index is -3.20. The van der Waals surface area contributed by atoms with Crippen LogP contribution in [0.2, 0.25) is 0 Å². The Hall–Kier alpha value is -4.81. The van der Waals surface area contributed by atoms with Gasteiger partial charge < -0.3 is 20.1 Å². The van der Waals surface area contributed by atoms with Crippen molar-refractivity contribution in [3.05, 3.63) is 95.2 Å². The van der Waals surface area contributed by atoms with Crippen LogP contribution in [0.3, 0.4) is 0 Å². The summed E-state index contributed by atoms with van der Waals surface area (Å²) in [6.07, 6.45) is 3.02. The van der Waals surface area contributed by atoms with Gasteiger partial charge in [0.05, 0.1) is 12.1 Å². The summed E-state index contributed by atoms with van der Waals surface area (Å²) in [6.45, 7) is -0.259. The third-order valence-electron chi connectivity index (χ3n) is 8.93. The Labute approximate surface area is 260 Å². The predicted molar refractivity (Wildman–Crippen MR) is 167 cm³/mol. The van der Waals surface area contributed by atoms with Gasteiger partial charge in [-0.15, -0.1) is 0 Å². The van der Waals surface area contributed by atoms with E-state index in [1.807, 2.05) is 24.3 Å². The molecule has 2 fully saturated rings. The van der Waals surface area contributed by atoms with Crippen molar-refractivity contribution >= 4 is 17.4 Å². The number of ether oxygens (including phenoxy) is 1. The zero-order valence-corrected chi connectivity index (χ0v) is 24.6. The van der Waals surface area contributed by atoms with Gasteiger partial charge in [0, 0.05) is 43.8 Å². The molecule has 9 heteroatoms. The lowest BCUT2D eigenvalue weighted by molar-refractivity contribution is -0.117. The van der Waals surface area contributed by atoms with Gasteiger partial charge >= 0.3 is 5.92 Å². The number of amides is 1. The largest absolute Gasteiger partial charge is 0.483 e. The van der Waals surface area contributed by atoms with Crippen LogP contribution in [0.25, 0.3) is 22.3 Å². The summed E-state index contributed by atoms with van der Waals surface area (Å²) < 4.78 is 37.6. The van der Waals surface area contributed by atoms with E-state index in [1.54, 1.807) is 41.4 Å². The second kappa shape index (κ2) is 11.6. The summed E-state index contributed by atoms with van der Waals surface area (Å²) in [7, 11) is 0. The molecule has 4 aromatic rings. The molecule has 1 saturated carbocycles. The molecule has 1 aromatic heterocycles. The van der Waals surface area contributed by atoms with E-state index in [-0.39, 0.29) is 36.2 Å². The molecule has 45 heavy (non-hydrogen) atoms. The second-order valence-electron chi connectivity index (χ2n) is 12.0. The fraction of sp³-hybridized carbons (Fsp3) is 0.306. The summed E-state index contributed by atoms with van der Waals surface area (Å²) in [6, 6.07) is 22.5. The van der Waals surface area contributed by atoms with Crippen LogP contribution < -0.4 is 15.0 Å². The van der Waals surface area contributed by atoms with Crippen molar-refractivity contribution in [2.75, 3.05) is 29.9 Å². The smallest absolute Gasteiger partial charge is 0.301 e. The molecule has 3 aromatic carbocycles. The molecule has 3 aliphatic rings. The Kier molecular flexibility index (Phi) is 7.46. The summed E-state index contributed by atoms with van der Waals surface area (Å²) in [5.41, 5.74) is 7.55. The van der Waals surface area contributed by atoms with Gasteiger partial charge in [0.2, 0.25) is 5.91 Å². The van der Waals surface area contributed by atoms with Gasteiger partial charge in [-0.3, -0.25) is 4.79 Å². The first-order valence-electron chi connectivity index (χ1n) is 15.3. The van der Waals surface area contributed by atoms with Gasteiger partial charge in [-0.2, -0.15) is 5.26 Å². The zero-order valence-electron chi connectivity index (χ0n) is 24.6. The quantitative estimate of drug-likeness (QED) is 0.213. The van der Waals surface area contributed by atoms with Gasteiger partial charge in [-0.1, -0.05) is 42.5 Å². The minimum Gasteiger partial charge on any atom is -0.483 e. The molecule has 1 saturated heterocycles. The fourth-order valence-electron chi connectivity index (χ4n) is 6.52. The number of aliphatic hydroxyl groups is 1. The van der Waals surface area contributed by atoms with Crippen LogP contribution in [-0.2, 0) is 17.6 Å². The number of aromatic nitrogens is 1. The number of nitriles is 1. The number of aliphatic hydroxyl groups excluding tert-OH is 1. The number of carbonyl (C=O) groups is 1. The van der Waals surface area contributed by atoms with Crippen LogP contribution >= 0.6 is 0 Å². The number of carbonyl (C=O) groups excluding carboxylic acids is 1. The molecule has 228 valence electrons. The molecular formula is C36H32F2N4O3. The van der Waals surface area contributed by atoms with E-state index >= 15 is 8.78 Å². The summed E-state index contributed by atoms with van der Waals surface area (Å²) in [5, 5.41) is 22.5. The summed E-state index contributed by atoms with van der Waals surface area (Å²) in [5.74, 6) is -2.69. The van der Waals surface area contributed by atoms with Gasteiger partial charge in [-0.05, 0) is 82.5 Å². The number of halogens is 2. The van der Waals surface area contributed by atoms with E-state index in [9.17, 15) is 15.2 Å². The molecule has 2 N–H and O–H groups in total. The van der Waals surface area contributed by atoms with Crippen LogP contribution in [0.4, 0.5) is 20.3 Å². The number of nitrogens with zero attached hydrogens (tertiary/aromatic N) is 3. The molecule has 0 unspecified atom stereocenters. The number of alkyl halides is 2. The topological polar surface area (TPSA) is 98.5 Å². The Morgan fingerprint density at radius 2 is 1.89 bits per heavy atom. The van der Waals surface area contributed by atoms with E-state index in [0.717, 1.165) is 46.3 Å². The SMILES string of the molecule is N#Cc1cc(-c2ccnc(NC(=O)C3CC3)c2)ccc1O[C@H]1CCN(c2c(CCO)ccc3c2Cc2ccccc2-3)CC1(F)F. The second-order valence-corrected chi connectivity index (χ2v) is 12.0. The van der Waals surface area contributed by atoms with Crippen molar-refractivity contribution in [3.63, 3.8) is 0 Å². The number of nitrogens with one attached hydrogen (secondary N) is 1. The molecule has 1 aliphatic heterocycles. The van der Waals surface area contributed by atoms with Gasteiger partial charge in [-0.25, -0.2) is 13.8 Å². The number of hydrogen-bond acceptors (Lipinski definition) is 6. The zero-order chi connectivity index (χ0) is 31.1. The van der Waals surface area contributed by atoms with E-state index in [0.29, 0.717) is 30.8 Å². The van der Waals surface area contributed by atoms with E-state index in [1.165, 1.54) is 5.56 Å². The van der Waals surface area contributed by atoms with Crippen molar-refractivity contribution in [2.24, 2.45) is 5.92 Å². The van der Waals surface area contributed by atoms with Crippen LogP contribution in [0, 0.1) is 17.2 Å². The average Bonchev–Trinajstić information content (AvgIpc) is 3.83. The van der Waals surface area contributed by atoms with Crippen LogP contribution in [-0.4, -0.2) is 47.7 Å². The lowest BCUT2D eigenvalue weighted by atomic mass is 9.95. The van der Waals surface area contributed by atoms with Crippen molar-refractivity contribution in [1.29, 1.82) is 5.26 Å². The maximum absolute atomic E-state index is 15.9. The molecule has 1 amide bonds.